The Morgan fingerprint density at radius 1 is 0.750 bits per heavy atom. The lowest BCUT2D eigenvalue weighted by Crippen LogP contribution is -2.25. The van der Waals surface area contributed by atoms with Crippen molar-refractivity contribution in [2.45, 2.75) is 26.4 Å². The van der Waals surface area contributed by atoms with E-state index in [-0.39, 0.29) is 12.6 Å². The molecule has 0 spiro atoms. The molecule has 0 aliphatic carbocycles. The molecule has 0 aliphatic heterocycles. The number of aryl methyl sites for hydroxylation is 1. The number of ether oxygens (including phenoxy) is 3. The summed E-state index contributed by atoms with van der Waals surface area (Å²) in [6, 6.07) is 27.0. The lowest BCUT2D eigenvalue weighted by molar-refractivity contribution is -0.176. The van der Waals surface area contributed by atoms with Crippen molar-refractivity contribution in [3.63, 3.8) is 0 Å². The minimum Gasteiger partial charge on any atom is -0.457 e. The summed E-state index contributed by atoms with van der Waals surface area (Å²) in [5.74, 6) is -0.380. The van der Waals surface area contributed by atoms with Gasteiger partial charge in [-0.1, -0.05) is 78.9 Å². The van der Waals surface area contributed by atoms with Crippen LogP contribution in [0.5, 0.6) is 0 Å². The quantitative estimate of drug-likeness (QED) is 0.393. The van der Waals surface area contributed by atoms with Crippen molar-refractivity contribution < 1.29 is 19.0 Å². The van der Waals surface area contributed by atoms with Crippen LogP contribution >= 0.6 is 0 Å². The van der Waals surface area contributed by atoms with Crippen LogP contribution in [0.15, 0.2) is 84.9 Å². The van der Waals surface area contributed by atoms with Crippen molar-refractivity contribution in [2.24, 2.45) is 0 Å². The monoisotopic (exact) mass is 376 g/mol. The molecule has 0 bridgehead atoms. The highest BCUT2D eigenvalue weighted by Crippen LogP contribution is 2.12. The fraction of sp³-hybridized carbons (Fsp3) is 0.208. The summed E-state index contributed by atoms with van der Waals surface area (Å²) in [4.78, 5) is 12.4. The van der Waals surface area contributed by atoms with Crippen LogP contribution in [0.3, 0.4) is 0 Å². The van der Waals surface area contributed by atoms with E-state index < -0.39 is 6.29 Å². The van der Waals surface area contributed by atoms with E-state index in [1.165, 1.54) is 0 Å². The molecule has 28 heavy (non-hydrogen) atoms. The Bertz CT molecular complexity index is 819. The second kappa shape index (κ2) is 10.4. The van der Waals surface area contributed by atoms with E-state index in [1.54, 1.807) is 6.07 Å². The number of carbonyl (C=O) groups excluding carboxylic acids is 1. The number of carbonyl (C=O) groups is 1. The molecule has 0 radical (unpaired) electrons. The van der Waals surface area contributed by atoms with Crippen molar-refractivity contribution in [1.29, 1.82) is 0 Å². The largest absolute Gasteiger partial charge is 0.457 e. The van der Waals surface area contributed by atoms with E-state index in [9.17, 15) is 4.79 Å². The zero-order valence-corrected chi connectivity index (χ0v) is 15.9. The first kappa shape index (κ1) is 19.8. The molecule has 0 aliphatic rings. The van der Waals surface area contributed by atoms with Gasteiger partial charge in [0.15, 0.2) is 6.29 Å². The van der Waals surface area contributed by atoms with Gasteiger partial charge in [0.05, 0.1) is 18.8 Å². The fourth-order valence-corrected chi connectivity index (χ4v) is 2.69. The summed E-state index contributed by atoms with van der Waals surface area (Å²) in [5, 5.41) is 0. The van der Waals surface area contributed by atoms with E-state index in [1.807, 2.05) is 85.8 Å². The molecule has 0 heterocycles. The molecule has 0 aromatic heterocycles. The Hall–Kier alpha value is -2.95. The Balaban J connectivity index is 1.59. The third-order valence-electron chi connectivity index (χ3n) is 4.27. The molecule has 0 saturated carbocycles. The van der Waals surface area contributed by atoms with Crippen LogP contribution in [0.2, 0.25) is 0 Å². The van der Waals surface area contributed by atoms with Crippen molar-refractivity contribution in [3.8, 4) is 0 Å². The Labute approximate surface area is 165 Å². The highest BCUT2D eigenvalue weighted by molar-refractivity contribution is 5.90. The Kier molecular flexibility index (Phi) is 7.36. The molecule has 0 atom stereocenters. The molecule has 3 aromatic carbocycles. The zero-order chi connectivity index (χ0) is 19.6. The molecule has 0 fully saturated rings. The fourth-order valence-electron chi connectivity index (χ4n) is 2.69. The van der Waals surface area contributed by atoms with Crippen molar-refractivity contribution in [3.05, 3.63) is 107 Å². The summed E-state index contributed by atoms with van der Waals surface area (Å²) < 4.78 is 17.2. The van der Waals surface area contributed by atoms with Crippen LogP contribution in [-0.2, 0) is 27.4 Å². The second-order valence-corrected chi connectivity index (χ2v) is 6.44. The molecule has 0 N–H and O–H groups in total. The second-order valence-electron chi connectivity index (χ2n) is 6.44. The van der Waals surface area contributed by atoms with Gasteiger partial charge in [-0.3, -0.25) is 0 Å². The average molecular weight is 376 g/mol. The van der Waals surface area contributed by atoms with E-state index in [4.69, 9.17) is 14.2 Å². The first-order chi connectivity index (χ1) is 13.7. The molecule has 0 saturated heterocycles. The van der Waals surface area contributed by atoms with E-state index >= 15 is 0 Å². The molecular formula is C24H24O4. The zero-order valence-electron chi connectivity index (χ0n) is 15.9. The van der Waals surface area contributed by atoms with Crippen molar-refractivity contribution in [1.82, 2.24) is 0 Å². The number of hydrogen-bond donors (Lipinski definition) is 0. The lowest BCUT2D eigenvalue weighted by Gasteiger charge is -2.19. The van der Waals surface area contributed by atoms with Crippen molar-refractivity contribution in [2.75, 3.05) is 6.61 Å². The maximum absolute atomic E-state index is 12.4. The Morgan fingerprint density at radius 2 is 1.25 bits per heavy atom. The SMILES string of the molecule is Cc1ccccc1C(=O)OCC(OCc1ccccc1)OCc1ccccc1. The van der Waals surface area contributed by atoms with Gasteiger partial charge in [0.25, 0.3) is 0 Å². The Morgan fingerprint density at radius 3 is 1.79 bits per heavy atom. The summed E-state index contributed by atoms with van der Waals surface area (Å²) in [7, 11) is 0. The lowest BCUT2D eigenvalue weighted by atomic mass is 10.1. The minimum atomic E-state index is -0.659. The third kappa shape index (κ3) is 6.05. The number of rotatable bonds is 9. The van der Waals surface area contributed by atoms with Gasteiger partial charge in [-0.25, -0.2) is 4.79 Å². The summed E-state index contributed by atoms with van der Waals surface area (Å²) >= 11 is 0. The van der Waals surface area contributed by atoms with Gasteiger partial charge in [-0.05, 0) is 29.7 Å². The van der Waals surface area contributed by atoms with E-state index in [0.717, 1.165) is 16.7 Å². The molecule has 0 amide bonds. The van der Waals surface area contributed by atoms with E-state index in [0.29, 0.717) is 18.8 Å². The maximum Gasteiger partial charge on any atom is 0.338 e. The number of hydrogen-bond acceptors (Lipinski definition) is 4. The highest BCUT2D eigenvalue weighted by atomic mass is 16.7. The normalized spacial score (nSPS) is 10.8. The number of benzene rings is 3. The first-order valence-corrected chi connectivity index (χ1v) is 9.26. The van der Waals surface area contributed by atoms with Crippen LogP contribution in [0, 0.1) is 6.92 Å². The van der Waals surface area contributed by atoms with Gasteiger partial charge in [0, 0.05) is 0 Å². The smallest absolute Gasteiger partial charge is 0.338 e. The maximum atomic E-state index is 12.4. The third-order valence-corrected chi connectivity index (χ3v) is 4.27. The van der Waals surface area contributed by atoms with Crippen molar-refractivity contribution >= 4 is 5.97 Å². The van der Waals surface area contributed by atoms with Crippen LogP contribution in [0.25, 0.3) is 0 Å². The summed E-state index contributed by atoms with van der Waals surface area (Å²) in [6.45, 7) is 2.66. The van der Waals surface area contributed by atoms with Gasteiger partial charge in [-0.15, -0.1) is 0 Å². The predicted molar refractivity (Wildman–Crippen MR) is 108 cm³/mol. The van der Waals surface area contributed by atoms with Crippen LogP contribution in [0.4, 0.5) is 0 Å². The molecule has 0 unspecified atom stereocenters. The molecule has 4 nitrogen and oxygen atoms in total. The van der Waals surface area contributed by atoms with Gasteiger partial charge >= 0.3 is 5.97 Å². The van der Waals surface area contributed by atoms with E-state index in [2.05, 4.69) is 0 Å². The van der Waals surface area contributed by atoms with Crippen LogP contribution in [-0.4, -0.2) is 18.9 Å². The highest BCUT2D eigenvalue weighted by Gasteiger charge is 2.16. The average Bonchev–Trinajstić information content (AvgIpc) is 2.75. The van der Waals surface area contributed by atoms with Crippen LogP contribution in [0.1, 0.15) is 27.0 Å². The van der Waals surface area contributed by atoms with Gasteiger partial charge in [0.2, 0.25) is 0 Å². The molecule has 144 valence electrons. The van der Waals surface area contributed by atoms with Crippen LogP contribution < -0.4 is 0 Å². The summed E-state index contributed by atoms with van der Waals surface area (Å²) in [5.41, 5.74) is 3.48. The van der Waals surface area contributed by atoms with Gasteiger partial charge in [0.1, 0.15) is 6.61 Å². The van der Waals surface area contributed by atoms with Gasteiger partial charge in [-0.2, -0.15) is 0 Å². The van der Waals surface area contributed by atoms with Gasteiger partial charge < -0.3 is 14.2 Å². The standard InChI is InChI=1S/C24H24O4/c1-19-10-8-9-15-22(19)24(25)28-18-23(26-16-20-11-4-2-5-12-20)27-17-21-13-6-3-7-14-21/h2-15,23H,16-18H2,1H3. The predicted octanol–water partition coefficient (Wildman–Crippen LogP) is 4.91. The topological polar surface area (TPSA) is 44.8 Å². The molecular weight excluding hydrogens is 352 g/mol. The summed E-state index contributed by atoms with van der Waals surface area (Å²) in [6.07, 6.45) is -0.659. The first-order valence-electron chi connectivity index (χ1n) is 9.26. The molecule has 4 heteroatoms. The molecule has 3 rings (SSSR count). The molecule has 3 aromatic rings. The number of esters is 1. The minimum absolute atomic E-state index is 0.0207.